The van der Waals surface area contributed by atoms with Gasteiger partial charge in [-0.3, -0.25) is 4.79 Å². The fourth-order valence-corrected chi connectivity index (χ4v) is 2.15. The summed E-state index contributed by atoms with van der Waals surface area (Å²) in [7, 11) is 0. The van der Waals surface area contributed by atoms with E-state index in [0.29, 0.717) is 6.42 Å². The normalized spacial score (nSPS) is 10.5. The highest BCUT2D eigenvalue weighted by atomic mass is 32.2. The van der Waals surface area contributed by atoms with Crippen LogP contribution in [0.1, 0.15) is 27.2 Å². The summed E-state index contributed by atoms with van der Waals surface area (Å²) in [6, 6.07) is 8.00. The Hall–Kier alpha value is -0.960. The number of carbonyl (C=O) groups is 1. The van der Waals surface area contributed by atoms with Crippen molar-refractivity contribution >= 4 is 17.5 Å². The molecule has 0 saturated heterocycles. The Morgan fingerprint density at radius 1 is 1.31 bits per heavy atom. The van der Waals surface area contributed by atoms with Gasteiger partial charge in [0.05, 0.1) is 6.10 Å². The lowest BCUT2D eigenvalue weighted by Gasteiger charge is -2.09. The number of thioether (sulfide) groups is 1. The molecule has 16 heavy (non-hydrogen) atoms. The molecule has 0 atom stereocenters. The van der Waals surface area contributed by atoms with E-state index in [4.69, 9.17) is 4.74 Å². The first kappa shape index (κ1) is 13.1. The third kappa shape index (κ3) is 5.21. The Kier molecular flexibility index (Phi) is 5.39. The van der Waals surface area contributed by atoms with Crippen molar-refractivity contribution in [3.63, 3.8) is 0 Å². The molecule has 3 heteroatoms. The summed E-state index contributed by atoms with van der Waals surface area (Å²) in [5.74, 6) is 1.98. The fraction of sp³-hybridized carbons (Fsp3) is 0.462. The first-order valence-electron chi connectivity index (χ1n) is 5.47. The van der Waals surface area contributed by atoms with Crippen molar-refractivity contribution in [3.8, 4) is 5.75 Å². The third-order valence-corrected chi connectivity index (χ3v) is 2.93. The number of rotatable bonds is 6. The van der Waals surface area contributed by atoms with E-state index >= 15 is 0 Å². The van der Waals surface area contributed by atoms with E-state index in [1.54, 1.807) is 18.7 Å². The van der Waals surface area contributed by atoms with Gasteiger partial charge < -0.3 is 4.74 Å². The van der Waals surface area contributed by atoms with Crippen molar-refractivity contribution in [3.05, 3.63) is 24.3 Å². The Morgan fingerprint density at radius 2 is 1.94 bits per heavy atom. The lowest BCUT2D eigenvalue weighted by atomic mass is 10.3. The predicted octanol–water partition coefficient (Wildman–Crippen LogP) is 3.55. The van der Waals surface area contributed by atoms with Crippen LogP contribution in [-0.4, -0.2) is 17.6 Å². The molecule has 1 rings (SSSR count). The van der Waals surface area contributed by atoms with Crippen LogP contribution in [0, 0.1) is 0 Å². The van der Waals surface area contributed by atoms with Gasteiger partial charge in [0.1, 0.15) is 11.5 Å². The van der Waals surface area contributed by atoms with Crippen LogP contribution in [0.25, 0.3) is 0 Å². The van der Waals surface area contributed by atoms with Crippen molar-refractivity contribution in [2.45, 2.75) is 38.2 Å². The number of carbonyl (C=O) groups excluding carboxylic acids is 1. The van der Waals surface area contributed by atoms with Crippen molar-refractivity contribution in [2.24, 2.45) is 0 Å². The number of hydrogen-bond acceptors (Lipinski definition) is 3. The highest BCUT2D eigenvalue weighted by Gasteiger charge is 1.99. The number of ketones is 1. The van der Waals surface area contributed by atoms with Gasteiger partial charge in [-0.25, -0.2) is 0 Å². The Labute approximate surface area is 101 Å². The van der Waals surface area contributed by atoms with Gasteiger partial charge in [-0.15, -0.1) is 11.8 Å². The molecule has 1 aromatic rings. The average molecular weight is 238 g/mol. The van der Waals surface area contributed by atoms with Crippen LogP contribution in [0.5, 0.6) is 5.75 Å². The van der Waals surface area contributed by atoms with Gasteiger partial charge in [0.25, 0.3) is 0 Å². The molecule has 1 aromatic carbocycles. The molecule has 0 heterocycles. The molecule has 88 valence electrons. The SMILES string of the molecule is CC(=O)CCSc1ccc(OC(C)C)cc1. The summed E-state index contributed by atoms with van der Waals surface area (Å²) in [5, 5.41) is 0. The second-order valence-electron chi connectivity index (χ2n) is 3.94. The topological polar surface area (TPSA) is 26.3 Å². The van der Waals surface area contributed by atoms with E-state index in [-0.39, 0.29) is 11.9 Å². The minimum atomic E-state index is 0.205. The molecule has 0 aliphatic heterocycles. The van der Waals surface area contributed by atoms with Crippen LogP contribution < -0.4 is 4.74 Å². The average Bonchev–Trinajstić information content (AvgIpc) is 2.19. The quantitative estimate of drug-likeness (QED) is 0.709. The number of Topliss-reactive ketones (excluding diaryl/α,β-unsaturated/α-hetero) is 1. The molecule has 0 aliphatic rings. The second kappa shape index (κ2) is 6.59. The van der Waals surface area contributed by atoms with Gasteiger partial charge in [0.2, 0.25) is 0 Å². The number of ether oxygens (including phenoxy) is 1. The van der Waals surface area contributed by atoms with E-state index < -0.39 is 0 Å². The van der Waals surface area contributed by atoms with E-state index in [0.717, 1.165) is 11.5 Å². The Morgan fingerprint density at radius 3 is 2.44 bits per heavy atom. The van der Waals surface area contributed by atoms with Crippen LogP contribution >= 0.6 is 11.8 Å². The molecule has 0 fully saturated rings. The summed E-state index contributed by atoms with van der Waals surface area (Å²) in [4.78, 5) is 12.0. The zero-order valence-electron chi connectivity index (χ0n) is 10.0. The first-order chi connectivity index (χ1) is 7.58. The van der Waals surface area contributed by atoms with Crippen LogP contribution in [0.15, 0.2) is 29.2 Å². The van der Waals surface area contributed by atoms with E-state index in [2.05, 4.69) is 0 Å². The molecule has 0 aliphatic carbocycles. The standard InChI is InChI=1S/C13H18O2S/c1-10(2)15-12-4-6-13(7-5-12)16-9-8-11(3)14/h4-7,10H,8-9H2,1-3H3. The van der Waals surface area contributed by atoms with Crippen LogP contribution in [0.4, 0.5) is 0 Å². The predicted molar refractivity (Wildman–Crippen MR) is 68.2 cm³/mol. The highest BCUT2D eigenvalue weighted by molar-refractivity contribution is 7.99. The summed E-state index contributed by atoms with van der Waals surface area (Å²) < 4.78 is 5.55. The molecule has 0 radical (unpaired) electrons. The monoisotopic (exact) mass is 238 g/mol. The van der Waals surface area contributed by atoms with Crippen molar-refractivity contribution in [1.29, 1.82) is 0 Å². The van der Waals surface area contributed by atoms with Crippen molar-refractivity contribution < 1.29 is 9.53 Å². The summed E-state index contributed by atoms with van der Waals surface area (Å²) in [6.45, 7) is 5.64. The maximum Gasteiger partial charge on any atom is 0.130 e. The van der Waals surface area contributed by atoms with Gasteiger partial charge in [0.15, 0.2) is 0 Å². The summed E-state index contributed by atoms with van der Waals surface area (Å²) in [6.07, 6.45) is 0.839. The largest absolute Gasteiger partial charge is 0.491 e. The van der Waals surface area contributed by atoms with Gasteiger partial charge in [-0.1, -0.05) is 0 Å². The molecule has 2 nitrogen and oxygen atoms in total. The molecule has 0 spiro atoms. The Bertz CT molecular complexity index is 330. The van der Waals surface area contributed by atoms with Crippen molar-refractivity contribution in [1.82, 2.24) is 0 Å². The second-order valence-corrected chi connectivity index (χ2v) is 5.11. The lowest BCUT2D eigenvalue weighted by Crippen LogP contribution is -2.05. The summed E-state index contributed by atoms with van der Waals surface area (Å²) in [5.41, 5.74) is 0. The first-order valence-corrected chi connectivity index (χ1v) is 6.45. The fourth-order valence-electron chi connectivity index (χ4n) is 1.20. The molecule has 0 amide bonds. The number of benzene rings is 1. The van der Waals surface area contributed by atoms with Crippen LogP contribution in [-0.2, 0) is 4.79 Å². The molecule has 0 saturated carbocycles. The maximum atomic E-state index is 10.8. The molecule has 0 N–H and O–H groups in total. The molecule has 0 bridgehead atoms. The van der Waals surface area contributed by atoms with E-state index in [1.165, 1.54) is 4.90 Å². The minimum absolute atomic E-state index is 0.205. The molecule has 0 unspecified atom stereocenters. The maximum absolute atomic E-state index is 10.8. The van der Waals surface area contributed by atoms with Crippen LogP contribution in [0.3, 0.4) is 0 Å². The lowest BCUT2D eigenvalue weighted by molar-refractivity contribution is -0.116. The van der Waals surface area contributed by atoms with Gasteiger partial charge in [-0.05, 0) is 45.0 Å². The van der Waals surface area contributed by atoms with E-state index in [1.807, 2.05) is 38.1 Å². The van der Waals surface area contributed by atoms with Gasteiger partial charge in [-0.2, -0.15) is 0 Å². The van der Waals surface area contributed by atoms with Gasteiger partial charge >= 0.3 is 0 Å². The minimum Gasteiger partial charge on any atom is -0.491 e. The van der Waals surface area contributed by atoms with E-state index in [9.17, 15) is 4.79 Å². The molecular formula is C13H18O2S. The van der Waals surface area contributed by atoms with Gasteiger partial charge in [0, 0.05) is 17.1 Å². The molecular weight excluding hydrogens is 220 g/mol. The third-order valence-electron chi connectivity index (χ3n) is 1.92. The highest BCUT2D eigenvalue weighted by Crippen LogP contribution is 2.22. The molecule has 0 aromatic heterocycles. The van der Waals surface area contributed by atoms with Crippen molar-refractivity contribution in [2.75, 3.05) is 5.75 Å². The smallest absolute Gasteiger partial charge is 0.130 e. The number of hydrogen-bond donors (Lipinski definition) is 0. The zero-order valence-corrected chi connectivity index (χ0v) is 10.8. The summed E-state index contributed by atoms with van der Waals surface area (Å²) >= 11 is 1.70. The van der Waals surface area contributed by atoms with Crippen LogP contribution in [0.2, 0.25) is 0 Å². The Balaban J connectivity index is 2.42. The zero-order chi connectivity index (χ0) is 12.0.